The van der Waals surface area contributed by atoms with E-state index in [9.17, 15) is 13.2 Å². The van der Waals surface area contributed by atoms with Gasteiger partial charge >= 0.3 is 0 Å². The van der Waals surface area contributed by atoms with Crippen LogP contribution in [0.15, 0.2) is 71.6 Å². The minimum absolute atomic E-state index is 0.0887. The van der Waals surface area contributed by atoms with Crippen molar-refractivity contribution in [1.82, 2.24) is 5.32 Å². The van der Waals surface area contributed by atoms with E-state index in [-0.39, 0.29) is 10.9 Å². The number of nitrogens with zero attached hydrogens (tertiary/aromatic N) is 1. The van der Waals surface area contributed by atoms with Crippen LogP contribution in [0.1, 0.15) is 24.1 Å². The van der Waals surface area contributed by atoms with Crippen molar-refractivity contribution in [3.8, 4) is 11.5 Å². The molecule has 0 radical (unpaired) electrons. The van der Waals surface area contributed by atoms with Crippen LogP contribution in [0.4, 0.5) is 5.69 Å². The Morgan fingerprint density at radius 1 is 1.03 bits per heavy atom. The number of hydrogen-bond donors (Lipinski definition) is 1. The van der Waals surface area contributed by atoms with Gasteiger partial charge in [-0.05, 0) is 61.9 Å². The number of rotatable bonds is 7. The van der Waals surface area contributed by atoms with Crippen molar-refractivity contribution in [2.75, 3.05) is 24.1 Å². The fourth-order valence-corrected chi connectivity index (χ4v) is 5.21. The monoisotopic (exact) mass is 500 g/mol. The van der Waals surface area contributed by atoms with Crippen molar-refractivity contribution >= 4 is 33.2 Å². The van der Waals surface area contributed by atoms with Crippen LogP contribution >= 0.6 is 11.6 Å². The number of carbonyl (C=O) groups excluding carboxylic acids is 1. The second-order valence-corrected chi connectivity index (χ2v) is 10.3. The maximum atomic E-state index is 13.5. The Kier molecular flexibility index (Phi) is 7.00. The van der Waals surface area contributed by atoms with Gasteiger partial charge in [0.05, 0.1) is 16.6 Å². The summed E-state index contributed by atoms with van der Waals surface area (Å²) in [5.74, 6) is 0.815. The van der Waals surface area contributed by atoms with Crippen molar-refractivity contribution in [2.45, 2.75) is 24.8 Å². The van der Waals surface area contributed by atoms with Gasteiger partial charge in [-0.25, -0.2) is 8.42 Å². The largest absolute Gasteiger partial charge is 0.486 e. The van der Waals surface area contributed by atoms with Gasteiger partial charge in [0, 0.05) is 5.02 Å². The van der Waals surface area contributed by atoms with E-state index in [4.69, 9.17) is 21.1 Å². The van der Waals surface area contributed by atoms with E-state index in [1.54, 1.807) is 36.4 Å². The number of hydrogen-bond acceptors (Lipinski definition) is 5. The molecule has 1 aliphatic rings. The molecule has 1 N–H and O–H groups in total. The van der Waals surface area contributed by atoms with Gasteiger partial charge in [-0.2, -0.15) is 0 Å². The summed E-state index contributed by atoms with van der Waals surface area (Å²) in [4.78, 5) is 13.1. The number of sulfonamides is 1. The molecular formula is C25H25ClN2O5S. The van der Waals surface area contributed by atoms with E-state index in [1.165, 1.54) is 18.2 Å². The third-order valence-corrected chi connectivity index (χ3v) is 7.46. The fraction of sp³-hybridized carbons (Fsp3) is 0.240. The van der Waals surface area contributed by atoms with Crippen LogP contribution in [0.3, 0.4) is 0 Å². The van der Waals surface area contributed by atoms with Crippen LogP contribution < -0.4 is 19.1 Å². The highest BCUT2D eigenvalue weighted by atomic mass is 35.5. The van der Waals surface area contributed by atoms with Crippen molar-refractivity contribution in [2.24, 2.45) is 0 Å². The van der Waals surface area contributed by atoms with Gasteiger partial charge < -0.3 is 14.8 Å². The molecule has 3 aromatic rings. The number of halogens is 1. The molecule has 0 saturated heterocycles. The predicted molar refractivity (Wildman–Crippen MR) is 131 cm³/mol. The molecule has 1 unspecified atom stereocenters. The van der Waals surface area contributed by atoms with E-state index in [2.05, 4.69) is 5.32 Å². The van der Waals surface area contributed by atoms with Gasteiger partial charge in [0.1, 0.15) is 19.8 Å². The lowest BCUT2D eigenvalue weighted by Crippen LogP contribution is -2.41. The molecule has 1 heterocycles. The quantitative estimate of drug-likeness (QED) is 0.516. The molecule has 9 heteroatoms. The standard InChI is InChI=1S/C25H25ClN2O5S/c1-17-6-9-22(10-7-17)34(30,31)28(21-5-3-4-20(26)15-21)16-25(29)27-18(2)19-8-11-23-24(14-19)33-13-12-32-23/h3-11,14-15,18H,12-13,16H2,1-2H3,(H,27,29). The molecule has 0 saturated carbocycles. The third-order valence-electron chi connectivity index (χ3n) is 5.44. The van der Waals surface area contributed by atoms with Crippen LogP contribution in [0.25, 0.3) is 0 Å². The Morgan fingerprint density at radius 2 is 1.74 bits per heavy atom. The number of anilines is 1. The summed E-state index contributed by atoms with van der Waals surface area (Å²) in [5, 5.41) is 3.24. The predicted octanol–water partition coefficient (Wildman–Crippen LogP) is 4.49. The molecule has 178 valence electrons. The summed E-state index contributed by atoms with van der Waals surface area (Å²) >= 11 is 6.12. The zero-order valence-electron chi connectivity index (χ0n) is 18.8. The Labute approximate surface area is 204 Å². The molecule has 4 rings (SSSR count). The van der Waals surface area contributed by atoms with Crippen molar-refractivity contribution in [1.29, 1.82) is 0 Å². The highest BCUT2D eigenvalue weighted by molar-refractivity contribution is 7.92. The van der Waals surface area contributed by atoms with Crippen LogP contribution in [0.5, 0.6) is 11.5 Å². The van der Waals surface area contributed by atoms with Gasteiger partial charge in [-0.1, -0.05) is 41.4 Å². The van der Waals surface area contributed by atoms with Crippen LogP contribution in [0.2, 0.25) is 5.02 Å². The first-order chi connectivity index (χ1) is 16.2. The number of ether oxygens (including phenoxy) is 2. The Hall–Kier alpha value is -3.23. The molecule has 0 spiro atoms. The molecule has 1 amide bonds. The Bertz CT molecular complexity index is 1290. The number of amides is 1. The lowest BCUT2D eigenvalue weighted by molar-refractivity contribution is -0.120. The van der Waals surface area contributed by atoms with Gasteiger partial charge in [-0.15, -0.1) is 0 Å². The van der Waals surface area contributed by atoms with Gasteiger partial charge in [0.2, 0.25) is 5.91 Å². The van der Waals surface area contributed by atoms with E-state index >= 15 is 0 Å². The van der Waals surface area contributed by atoms with Gasteiger partial charge in [-0.3, -0.25) is 9.10 Å². The number of nitrogens with one attached hydrogen (secondary N) is 1. The molecule has 0 aromatic heterocycles. The molecule has 1 aliphatic heterocycles. The lowest BCUT2D eigenvalue weighted by atomic mass is 10.1. The molecular weight excluding hydrogens is 476 g/mol. The summed E-state index contributed by atoms with van der Waals surface area (Å²) in [6.07, 6.45) is 0. The topological polar surface area (TPSA) is 84.9 Å². The molecule has 0 aliphatic carbocycles. The van der Waals surface area contributed by atoms with E-state index in [0.29, 0.717) is 35.4 Å². The molecule has 0 fully saturated rings. The summed E-state index contributed by atoms with van der Waals surface area (Å²) in [7, 11) is -4.02. The van der Waals surface area contributed by atoms with Crippen LogP contribution in [0, 0.1) is 6.92 Å². The minimum Gasteiger partial charge on any atom is -0.486 e. The van der Waals surface area contributed by atoms with Crippen molar-refractivity contribution in [3.05, 3.63) is 82.9 Å². The zero-order chi connectivity index (χ0) is 24.3. The number of fused-ring (bicyclic) bond motifs is 1. The first-order valence-corrected chi connectivity index (χ1v) is 12.6. The molecule has 1 atom stereocenters. The van der Waals surface area contributed by atoms with Crippen molar-refractivity contribution < 1.29 is 22.7 Å². The number of aryl methyl sites for hydroxylation is 1. The number of benzene rings is 3. The number of carbonyl (C=O) groups is 1. The maximum Gasteiger partial charge on any atom is 0.264 e. The smallest absolute Gasteiger partial charge is 0.264 e. The summed E-state index contributed by atoms with van der Waals surface area (Å²) in [6, 6.07) is 18.0. The average molecular weight is 501 g/mol. The van der Waals surface area contributed by atoms with E-state index < -0.39 is 22.5 Å². The van der Waals surface area contributed by atoms with Crippen LogP contribution in [-0.4, -0.2) is 34.1 Å². The second kappa shape index (κ2) is 9.95. The zero-order valence-corrected chi connectivity index (χ0v) is 20.4. The summed E-state index contributed by atoms with van der Waals surface area (Å²) < 4.78 is 39.2. The molecule has 0 bridgehead atoms. The lowest BCUT2D eigenvalue weighted by Gasteiger charge is -2.25. The average Bonchev–Trinajstić information content (AvgIpc) is 2.82. The van der Waals surface area contributed by atoms with Gasteiger partial charge in [0.25, 0.3) is 10.0 Å². The first-order valence-electron chi connectivity index (χ1n) is 10.8. The first kappa shape index (κ1) is 23.9. The van der Waals surface area contributed by atoms with Crippen molar-refractivity contribution in [3.63, 3.8) is 0 Å². The SMILES string of the molecule is Cc1ccc(S(=O)(=O)N(CC(=O)NC(C)c2ccc3c(c2)OCCO3)c2cccc(Cl)c2)cc1. The second-order valence-electron chi connectivity index (χ2n) is 8.00. The maximum absolute atomic E-state index is 13.5. The molecule has 3 aromatic carbocycles. The summed E-state index contributed by atoms with van der Waals surface area (Å²) in [5.41, 5.74) is 2.04. The minimum atomic E-state index is -4.02. The van der Waals surface area contributed by atoms with Crippen LogP contribution in [-0.2, 0) is 14.8 Å². The van der Waals surface area contributed by atoms with E-state index in [0.717, 1.165) is 15.4 Å². The molecule has 34 heavy (non-hydrogen) atoms. The Balaban J connectivity index is 1.57. The highest BCUT2D eigenvalue weighted by Crippen LogP contribution is 2.32. The third kappa shape index (κ3) is 5.29. The summed E-state index contributed by atoms with van der Waals surface area (Å²) in [6.45, 7) is 4.24. The van der Waals surface area contributed by atoms with E-state index in [1.807, 2.05) is 26.0 Å². The van der Waals surface area contributed by atoms with Gasteiger partial charge in [0.15, 0.2) is 11.5 Å². The molecule has 7 nitrogen and oxygen atoms in total. The fourth-order valence-electron chi connectivity index (χ4n) is 3.61. The normalized spacial score (nSPS) is 13.7. The highest BCUT2D eigenvalue weighted by Gasteiger charge is 2.28. The Morgan fingerprint density at radius 3 is 2.44 bits per heavy atom.